The summed E-state index contributed by atoms with van der Waals surface area (Å²) in [4.78, 5) is 23.8. The van der Waals surface area contributed by atoms with Gasteiger partial charge in [-0.05, 0) is 36.4 Å². The molecule has 0 saturated heterocycles. The number of rotatable bonds is 7. The van der Waals surface area contributed by atoms with Gasteiger partial charge in [0.25, 0.3) is 5.91 Å². The Hall–Kier alpha value is -3.18. The normalized spacial score (nSPS) is 17.3. The van der Waals surface area contributed by atoms with Crippen molar-refractivity contribution in [3.8, 4) is 23.3 Å². The van der Waals surface area contributed by atoms with Gasteiger partial charge in [-0.25, -0.2) is 0 Å². The van der Waals surface area contributed by atoms with Crippen LogP contribution in [0, 0.1) is 23.2 Å². The first-order valence-corrected chi connectivity index (χ1v) is 10.8. The maximum absolute atomic E-state index is 12.4. The van der Waals surface area contributed by atoms with Gasteiger partial charge in [-0.15, -0.1) is 0 Å². The molecule has 1 aliphatic carbocycles. The van der Waals surface area contributed by atoms with Gasteiger partial charge in [-0.1, -0.05) is 47.8 Å². The number of hydrogen-bond donors (Lipinski definition) is 2. The molecule has 3 N–H and O–H groups in total. The molecule has 0 aliphatic heterocycles. The summed E-state index contributed by atoms with van der Waals surface area (Å²) in [6.07, 6.45) is 3.14. The first kappa shape index (κ1) is 24.5. The van der Waals surface area contributed by atoms with Crippen LogP contribution in [-0.4, -0.2) is 18.4 Å². The maximum atomic E-state index is 12.4. The number of carbonyl (C=O) groups excluding carboxylic acids is 2. The molecule has 0 radical (unpaired) electrons. The van der Waals surface area contributed by atoms with Crippen LogP contribution < -0.4 is 20.5 Å². The third-order valence-corrected chi connectivity index (χ3v) is 5.70. The van der Waals surface area contributed by atoms with E-state index >= 15 is 0 Å². The fraction of sp³-hybridized carbons (Fsp3) is 0.174. The molecule has 1 aliphatic rings. The van der Waals surface area contributed by atoms with Gasteiger partial charge in [0.2, 0.25) is 5.91 Å². The largest absolute Gasteiger partial charge is 0.484 e. The van der Waals surface area contributed by atoms with Crippen LogP contribution in [0.15, 0.2) is 59.3 Å². The van der Waals surface area contributed by atoms with Gasteiger partial charge in [0.05, 0.1) is 23.2 Å². The Labute approximate surface area is 205 Å². The van der Waals surface area contributed by atoms with E-state index in [2.05, 4.69) is 5.32 Å². The van der Waals surface area contributed by atoms with Gasteiger partial charge in [0, 0.05) is 27.1 Å². The Bertz CT molecular complexity index is 1200. The molecule has 2 unspecified atom stereocenters. The molecule has 0 aromatic heterocycles. The van der Waals surface area contributed by atoms with Gasteiger partial charge in [-0.3, -0.25) is 9.59 Å². The molecule has 2 aromatic rings. The lowest BCUT2D eigenvalue weighted by Crippen LogP contribution is -2.34. The summed E-state index contributed by atoms with van der Waals surface area (Å²) in [7, 11) is 0. The van der Waals surface area contributed by atoms with E-state index in [1.165, 1.54) is 18.2 Å². The molecule has 33 heavy (non-hydrogen) atoms. The molecule has 0 spiro atoms. The van der Waals surface area contributed by atoms with Crippen molar-refractivity contribution in [1.82, 2.24) is 5.32 Å². The number of nitrogens with zero attached hydrogens (tertiary/aromatic N) is 1. The Kier molecular flexibility index (Phi) is 7.88. The zero-order valence-electron chi connectivity index (χ0n) is 17.3. The van der Waals surface area contributed by atoms with E-state index in [9.17, 15) is 9.59 Å². The highest BCUT2D eigenvalue weighted by atomic mass is 35.5. The second-order valence-electron chi connectivity index (χ2n) is 7.19. The molecule has 10 heteroatoms. The number of amides is 2. The van der Waals surface area contributed by atoms with Crippen LogP contribution in [-0.2, 0) is 9.59 Å². The minimum Gasteiger partial charge on any atom is -0.484 e. The molecule has 170 valence electrons. The van der Waals surface area contributed by atoms with Crippen LogP contribution in [0.1, 0.15) is 12.5 Å². The Morgan fingerprint density at radius 3 is 2.36 bits per heavy atom. The summed E-state index contributed by atoms with van der Waals surface area (Å²) in [5.74, 6) is -0.888. The number of hydrogen-bond acceptors (Lipinski definition) is 5. The number of halogens is 3. The van der Waals surface area contributed by atoms with E-state index in [1.54, 1.807) is 37.3 Å². The first-order valence-electron chi connectivity index (χ1n) is 9.65. The molecule has 3 rings (SSSR count). The van der Waals surface area contributed by atoms with Crippen molar-refractivity contribution in [2.75, 3.05) is 6.61 Å². The van der Waals surface area contributed by atoms with Crippen LogP contribution >= 0.6 is 34.8 Å². The predicted octanol–water partition coefficient (Wildman–Crippen LogP) is 4.91. The summed E-state index contributed by atoms with van der Waals surface area (Å²) in [5, 5.41) is 12.7. The lowest BCUT2D eigenvalue weighted by atomic mass is 9.88. The zero-order valence-corrected chi connectivity index (χ0v) is 19.5. The van der Waals surface area contributed by atoms with Crippen molar-refractivity contribution in [1.29, 1.82) is 5.26 Å². The number of benzene rings is 2. The zero-order chi connectivity index (χ0) is 24.1. The number of nitrogens with two attached hydrogens (primary N) is 1. The van der Waals surface area contributed by atoms with Crippen LogP contribution in [0.25, 0.3) is 0 Å². The van der Waals surface area contributed by atoms with Gasteiger partial charge in [0.1, 0.15) is 17.2 Å². The van der Waals surface area contributed by atoms with Crippen molar-refractivity contribution >= 4 is 46.6 Å². The van der Waals surface area contributed by atoms with E-state index in [-0.39, 0.29) is 18.3 Å². The fourth-order valence-electron chi connectivity index (χ4n) is 3.13. The lowest BCUT2D eigenvalue weighted by molar-refractivity contribution is -0.122. The Morgan fingerprint density at radius 1 is 1.06 bits per heavy atom. The smallest absolute Gasteiger partial charge is 0.262 e. The Morgan fingerprint density at radius 2 is 1.70 bits per heavy atom. The van der Waals surface area contributed by atoms with Crippen LogP contribution in [0.3, 0.4) is 0 Å². The monoisotopic (exact) mass is 505 g/mol. The highest BCUT2D eigenvalue weighted by Gasteiger charge is 2.28. The molecule has 2 aromatic carbocycles. The number of nitrogens with one attached hydrogen (secondary N) is 1. The minimum absolute atomic E-state index is 0.289. The molecule has 0 saturated carbocycles. The number of ether oxygens (including phenoxy) is 2. The van der Waals surface area contributed by atoms with E-state index in [4.69, 9.17) is 55.3 Å². The van der Waals surface area contributed by atoms with E-state index in [0.29, 0.717) is 37.8 Å². The van der Waals surface area contributed by atoms with Gasteiger partial charge >= 0.3 is 0 Å². The fourth-order valence-corrected chi connectivity index (χ4v) is 3.81. The molecule has 7 nitrogen and oxygen atoms in total. The number of carbonyl (C=O) groups is 2. The van der Waals surface area contributed by atoms with Crippen molar-refractivity contribution in [2.45, 2.75) is 6.92 Å². The predicted molar refractivity (Wildman–Crippen MR) is 125 cm³/mol. The average molecular weight is 507 g/mol. The minimum atomic E-state index is -0.539. The highest BCUT2D eigenvalue weighted by molar-refractivity contribution is 6.31. The summed E-state index contributed by atoms with van der Waals surface area (Å²) in [6, 6.07) is 11.2. The molecule has 0 bridgehead atoms. The standard InChI is InChI=1S/C23H18Cl3N3O4/c1-12-19(23(28)31)2-3-20(22(12)26)29-21(30)11-32-16-6-15(25)8-18(9-16)33-17-5-13(10-27)4-14(24)7-17/h2-9,12,19H,11H2,1H3,(H2,28,31)(H,29,30). The summed E-state index contributed by atoms with van der Waals surface area (Å²) in [6.45, 7) is 1.42. The second kappa shape index (κ2) is 10.6. The van der Waals surface area contributed by atoms with Gasteiger partial charge in [-0.2, -0.15) is 5.26 Å². The lowest BCUT2D eigenvalue weighted by Gasteiger charge is -2.24. The van der Waals surface area contributed by atoms with E-state index < -0.39 is 17.7 Å². The SMILES string of the molecule is CC1C(Cl)=C(NC(=O)COc2cc(Cl)cc(Oc3cc(Cl)cc(C#N)c3)c2)C=CC1C(N)=O. The van der Waals surface area contributed by atoms with Crippen molar-refractivity contribution in [3.63, 3.8) is 0 Å². The maximum Gasteiger partial charge on any atom is 0.262 e. The van der Waals surface area contributed by atoms with Crippen LogP contribution in [0.5, 0.6) is 17.2 Å². The number of allylic oxidation sites excluding steroid dienone is 2. The number of nitriles is 1. The van der Waals surface area contributed by atoms with Gasteiger partial charge in [0.15, 0.2) is 6.61 Å². The highest BCUT2D eigenvalue weighted by Crippen LogP contribution is 2.32. The summed E-state index contributed by atoms with van der Waals surface area (Å²) >= 11 is 18.4. The molecule has 2 atom stereocenters. The molecule has 2 amide bonds. The van der Waals surface area contributed by atoms with E-state index in [0.717, 1.165) is 0 Å². The van der Waals surface area contributed by atoms with Crippen LogP contribution in [0.2, 0.25) is 10.0 Å². The van der Waals surface area contributed by atoms with Crippen molar-refractivity contribution < 1.29 is 19.1 Å². The third-order valence-electron chi connectivity index (χ3n) is 4.72. The quantitative estimate of drug-likeness (QED) is 0.554. The molecular formula is C23H18Cl3N3O4. The topological polar surface area (TPSA) is 114 Å². The van der Waals surface area contributed by atoms with Crippen molar-refractivity contribution in [3.05, 3.63) is 74.9 Å². The van der Waals surface area contributed by atoms with Crippen LogP contribution in [0.4, 0.5) is 0 Å². The third kappa shape index (κ3) is 6.42. The first-order chi connectivity index (χ1) is 15.7. The molecule has 0 fully saturated rings. The Balaban J connectivity index is 1.65. The van der Waals surface area contributed by atoms with Gasteiger partial charge < -0.3 is 20.5 Å². The van der Waals surface area contributed by atoms with E-state index in [1.807, 2.05) is 6.07 Å². The molecule has 0 heterocycles. The number of primary amides is 1. The summed E-state index contributed by atoms with van der Waals surface area (Å²) in [5.41, 5.74) is 6.07. The summed E-state index contributed by atoms with van der Waals surface area (Å²) < 4.78 is 11.3. The van der Waals surface area contributed by atoms with Crippen molar-refractivity contribution in [2.24, 2.45) is 17.6 Å². The molecular weight excluding hydrogens is 489 g/mol. The second-order valence-corrected chi connectivity index (χ2v) is 8.47. The average Bonchev–Trinajstić information content (AvgIpc) is 2.74.